The van der Waals surface area contributed by atoms with Crippen LogP contribution >= 0.6 is 0 Å². The average molecular weight is 434 g/mol. The molecule has 2 aromatic rings. The number of likely N-dealkylation sites (tertiary alicyclic amines) is 1. The first kappa shape index (κ1) is 20.8. The number of benzene rings is 1. The van der Waals surface area contributed by atoms with E-state index < -0.39 is 0 Å². The molecule has 1 aromatic carbocycles. The maximum atomic E-state index is 12.8. The van der Waals surface area contributed by atoms with Gasteiger partial charge in [0.15, 0.2) is 5.96 Å². The van der Waals surface area contributed by atoms with Gasteiger partial charge in [-0.15, -0.1) is 0 Å². The first-order chi connectivity index (χ1) is 15.6. The molecule has 168 valence electrons. The molecule has 1 aromatic heterocycles. The van der Waals surface area contributed by atoms with Crippen LogP contribution < -0.4 is 10.6 Å². The average Bonchev–Trinajstić information content (AvgIpc) is 3.57. The number of para-hydroxylation sites is 1. The Kier molecular flexibility index (Phi) is 5.49. The molecule has 0 radical (unpaired) electrons. The Balaban J connectivity index is 1.11. The molecular formula is C25H31N5O2. The first-order valence-electron chi connectivity index (χ1n) is 11.7. The number of aryl methyl sites for hydroxylation is 1. The van der Waals surface area contributed by atoms with Gasteiger partial charge in [-0.1, -0.05) is 37.3 Å². The molecular weight excluding hydrogens is 402 g/mol. The summed E-state index contributed by atoms with van der Waals surface area (Å²) in [6, 6.07) is 6.44. The number of imide groups is 1. The number of aliphatic imine (C=N–C) groups is 1. The second-order valence-corrected chi connectivity index (χ2v) is 9.01. The van der Waals surface area contributed by atoms with Gasteiger partial charge < -0.3 is 15.6 Å². The van der Waals surface area contributed by atoms with Crippen LogP contribution in [0.25, 0.3) is 10.9 Å². The zero-order chi connectivity index (χ0) is 22.2. The second kappa shape index (κ2) is 8.45. The smallest absolute Gasteiger partial charge is 0.233 e. The maximum Gasteiger partial charge on any atom is 0.233 e. The second-order valence-electron chi connectivity index (χ2n) is 9.01. The summed E-state index contributed by atoms with van der Waals surface area (Å²) in [5.74, 6) is 0.956. The van der Waals surface area contributed by atoms with Gasteiger partial charge in [-0.2, -0.15) is 0 Å². The van der Waals surface area contributed by atoms with E-state index in [4.69, 9.17) is 0 Å². The predicted octanol–water partition coefficient (Wildman–Crippen LogP) is 2.24. The van der Waals surface area contributed by atoms with Gasteiger partial charge in [-0.05, 0) is 42.2 Å². The van der Waals surface area contributed by atoms with E-state index in [1.807, 2.05) is 0 Å². The van der Waals surface area contributed by atoms with Crippen LogP contribution in [0.5, 0.6) is 0 Å². The zero-order valence-electron chi connectivity index (χ0n) is 18.7. The number of carbonyl (C=O) groups is 2. The highest BCUT2D eigenvalue weighted by molar-refractivity contribution is 6.06. The van der Waals surface area contributed by atoms with Gasteiger partial charge in [0.05, 0.1) is 11.8 Å². The third-order valence-electron chi connectivity index (χ3n) is 7.37. The molecule has 3 N–H and O–H groups in total. The molecule has 2 aliphatic carbocycles. The molecule has 4 atom stereocenters. The lowest BCUT2D eigenvalue weighted by Gasteiger charge is -2.18. The van der Waals surface area contributed by atoms with Crippen LogP contribution in [0, 0.1) is 23.7 Å². The van der Waals surface area contributed by atoms with Crippen molar-refractivity contribution in [2.24, 2.45) is 28.7 Å². The van der Waals surface area contributed by atoms with Gasteiger partial charge in [-0.25, -0.2) is 0 Å². The number of allylic oxidation sites excluding steroid dienone is 2. The Bertz CT molecular complexity index is 1070. The molecule has 5 rings (SSSR count). The zero-order valence-corrected chi connectivity index (χ0v) is 18.7. The summed E-state index contributed by atoms with van der Waals surface area (Å²) in [4.78, 5) is 34.7. The van der Waals surface area contributed by atoms with Crippen molar-refractivity contribution < 1.29 is 9.59 Å². The van der Waals surface area contributed by atoms with E-state index >= 15 is 0 Å². The van der Waals surface area contributed by atoms with Crippen LogP contribution in [-0.4, -0.2) is 54.3 Å². The first-order valence-corrected chi connectivity index (χ1v) is 11.7. The standard InChI is InChI=1S/C25H31N5O2/c1-3-15-5-4-6-19-18(14-29-22(15)19)9-10-27-25(26-2)28-11-12-30-23(31)20-16-7-8-17(13-16)21(20)24(30)32/h4-8,14,16-17,20-21,29H,3,9-13H2,1-2H3,(H2,26,27,28). The van der Waals surface area contributed by atoms with E-state index in [-0.39, 0.29) is 35.5 Å². The molecule has 0 spiro atoms. The Labute approximate surface area is 188 Å². The van der Waals surface area contributed by atoms with Crippen molar-refractivity contribution >= 4 is 28.7 Å². The van der Waals surface area contributed by atoms with Gasteiger partial charge in [0, 0.05) is 43.8 Å². The van der Waals surface area contributed by atoms with Crippen molar-refractivity contribution in [1.29, 1.82) is 0 Å². The molecule has 7 heteroatoms. The SMILES string of the molecule is CCc1cccc2c(CCNC(=NC)NCCN3C(=O)C4C5C=CC(C5)C4C3=O)c[nH]c12. The van der Waals surface area contributed by atoms with Crippen molar-refractivity contribution in [1.82, 2.24) is 20.5 Å². The summed E-state index contributed by atoms with van der Waals surface area (Å²) in [5, 5.41) is 7.86. The number of guanidine groups is 1. The number of hydrogen-bond donors (Lipinski definition) is 3. The summed E-state index contributed by atoms with van der Waals surface area (Å²) in [7, 11) is 1.73. The number of hydrogen-bond acceptors (Lipinski definition) is 3. The molecule has 4 unspecified atom stereocenters. The summed E-state index contributed by atoms with van der Waals surface area (Å²) in [5.41, 5.74) is 3.83. The Morgan fingerprint density at radius 2 is 1.81 bits per heavy atom. The van der Waals surface area contributed by atoms with Gasteiger partial charge in [0.1, 0.15) is 0 Å². The van der Waals surface area contributed by atoms with Crippen molar-refractivity contribution in [3.8, 4) is 0 Å². The monoisotopic (exact) mass is 433 g/mol. The van der Waals surface area contributed by atoms with E-state index in [9.17, 15) is 9.59 Å². The number of aromatic nitrogens is 1. The highest BCUT2D eigenvalue weighted by Crippen LogP contribution is 2.52. The fourth-order valence-corrected chi connectivity index (χ4v) is 5.78. The Hall–Kier alpha value is -3.09. The summed E-state index contributed by atoms with van der Waals surface area (Å²) in [6.07, 6.45) is 9.18. The Morgan fingerprint density at radius 1 is 1.09 bits per heavy atom. The number of rotatable bonds is 7. The lowest BCUT2D eigenvalue weighted by molar-refractivity contribution is -0.140. The third-order valence-corrected chi connectivity index (χ3v) is 7.37. The molecule has 3 aliphatic rings. The van der Waals surface area contributed by atoms with Gasteiger partial charge in [0.25, 0.3) is 0 Å². The third kappa shape index (κ3) is 3.40. The minimum Gasteiger partial charge on any atom is -0.361 e. The summed E-state index contributed by atoms with van der Waals surface area (Å²) in [6.45, 7) is 3.78. The van der Waals surface area contributed by atoms with Crippen LogP contribution in [0.4, 0.5) is 0 Å². The minimum atomic E-state index is -0.126. The van der Waals surface area contributed by atoms with Crippen LogP contribution in [0.3, 0.4) is 0 Å². The van der Waals surface area contributed by atoms with Crippen LogP contribution in [-0.2, 0) is 22.4 Å². The molecule has 2 fully saturated rings. The highest BCUT2D eigenvalue weighted by Gasteiger charge is 2.58. The number of carbonyl (C=O) groups excluding carboxylic acids is 2. The lowest BCUT2D eigenvalue weighted by atomic mass is 9.85. The van der Waals surface area contributed by atoms with Crippen molar-refractivity contribution in [3.05, 3.63) is 47.7 Å². The molecule has 32 heavy (non-hydrogen) atoms. The topological polar surface area (TPSA) is 89.6 Å². The van der Waals surface area contributed by atoms with Crippen LogP contribution in [0.2, 0.25) is 0 Å². The minimum absolute atomic E-state index is 0.00683. The van der Waals surface area contributed by atoms with Crippen LogP contribution in [0.1, 0.15) is 24.5 Å². The van der Waals surface area contributed by atoms with Crippen molar-refractivity contribution in [2.45, 2.75) is 26.2 Å². The van der Waals surface area contributed by atoms with Crippen molar-refractivity contribution in [3.63, 3.8) is 0 Å². The molecule has 2 bridgehead atoms. The summed E-state index contributed by atoms with van der Waals surface area (Å²) >= 11 is 0. The van der Waals surface area contributed by atoms with E-state index in [2.05, 4.69) is 64.1 Å². The Morgan fingerprint density at radius 3 is 2.50 bits per heavy atom. The molecule has 1 aliphatic heterocycles. The molecule has 1 saturated heterocycles. The molecule has 7 nitrogen and oxygen atoms in total. The van der Waals surface area contributed by atoms with Gasteiger partial charge in [0.2, 0.25) is 11.8 Å². The quantitative estimate of drug-likeness (QED) is 0.270. The maximum absolute atomic E-state index is 12.8. The number of nitrogens with one attached hydrogen (secondary N) is 3. The number of nitrogens with zero attached hydrogens (tertiary/aromatic N) is 2. The highest BCUT2D eigenvalue weighted by atomic mass is 16.2. The fraction of sp³-hybridized carbons (Fsp3) is 0.480. The van der Waals surface area contributed by atoms with E-state index in [0.29, 0.717) is 19.0 Å². The van der Waals surface area contributed by atoms with Crippen molar-refractivity contribution in [2.75, 3.05) is 26.7 Å². The van der Waals surface area contributed by atoms with E-state index in [1.165, 1.54) is 26.9 Å². The number of aromatic amines is 1. The van der Waals surface area contributed by atoms with E-state index in [0.717, 1.165) is 25.8 Å². The number of amides is 2. The number of fused-ring (bicyclic) bond motifs is 6. The molecule has 1 saturated carbocycles. The largest absolute Gasteiger partial charge is 0.361 e. The van der Waals surface area contributed by atoms with Gasteiger partial charge >= 0.3 is 0 Å². The fourth-order valence-electron chi connectivity index (χ4n) is 5.78. The normalized spacial score (nSPS) is 26.4. The molecule has 2 amide bonds. The van der Waals surface area contributed by atoms with E-state index in [1.54, 1.807) is 7.05 Å². The van der Waals surface area contributed by atoms with Crippen LogP contribution in [0.15, 0.2) is 41.5 Å². The lowest BCUT2D eigenvalue weighted by Crippen LogP contribution is -2.44. The summed E-state index contributed by atoms with van der Waals surface area (Å²) < 4.78 is 0. The predicted molar refractivity (Wildman–Crippen MR) is 125 cm³/mol. The van der Waals surface area contributed by atoms with Gasteiger partial charge in [-0.3, -0.25) is 19.5 Å². The number of H-pyrrole nitrogens is 1. The molecule has 2 heterocycles.